The maximum atomic E-state index is 13.1. The number of rotatable bonds is 46. The van der Waals surface area contributed by atoms with Gasteiger partial charge in [0.15, 0.2) is 0 Å². The average Bonchev–Trinajstić information content (AvgIpc) is 3.64. The monoisotopic (exact) mass is 852 g/mol. The van der Waals surface area contributed by atoms with E-state index < -0.39 is 0 Å². The summed E-state index contributed by atoms with van der Waals surface area (Å²) < 4.78 is 24.6. The first-order valence-electron chi connectivity index (χ1n) is 26.4. The summed E-state index contributed by atoms with van der Waals surface area (Å²) in [5, 5.41) is 9.15. The maximum absolute atomic E-state index is 13.1. The number of esters is 2. The minimum absolute atomic E-state index is 0.0281. The highest BCUT2D eigenvalue weighted by Gasteiger charge is 2.34. The number of nitrogens with zero attached hydrogens (tertiary/aromatic N) is 1. The van der Waals surface area contributed by atoms with Crippen LogP contribution >= 0.6 is 0 Å². The van der Waals surface area contributed by atoms with Crippen LogP contribution in [0, 0.1) is 11.8 Å². The first-order valence-corrected chi connectivity index (χ1v) is 26.4. The van der Waals surface area contributed by atoms with Crippen molar-refractivity contribution in [2.45, 2.75) is 258 Å². The van der Waals surface area contributed by atoms with E-state index in [1.54, 1.807) is 0 Å². The lowest BCUT2D eigenvalue weighted by molar-refractivity contribution is -0.150. The van der Waals surface area contributed by atoms with Gasteiger partial charge >= 0.3 is 11.9 Å². The molecular formula is C52H101NO7. The topological polar surface area (TPSA) is 94.5 Å². The quantitative estimate of drug-likeness (QED) is 0.0478. The Morgan fingerprint density at radius 3 is 1.15 bits per heavy atom. The van der Waals surface area contributed by atoms with E-state index in [1.165, 1.54) is 103 Å². The summed E-state index contributed by atoms with van der Waals surface area (Å²) in [6.07, 6.45) is 38.6. The first-order chi connectivity index (χ1) is 29.5. The van der Waals surface area contributed by atoms with Crippen molar-refractivity contribution in [3.63, 3.8) is 0 Å². The number of ether oxygens (including phenoxy) is 4. The molecule has 1 rings (SSSR count). The highest BCUT2D eigenvalue weighted by molar-refractivity contribution is 5.72. The molecule has 8 nitrogen and oxygen atoms in total. The van der Waals surface area contributed by atoms with E-state index in [2.05, 4.69) is 32.6 Å². The second-order valence-electron chi connectivity index (χ2n) is 18.4. The van der Waals surface area contributed by atoms with Gasteiger partial charge in [0.2, 0.25) is 0 Å². The van der Waals surface area contributed by atoms with Crippen molar-refractivity contribution in [3.05, 3.63) is 0 Å². The summed E-state index contributed by atoms with van der Waals surface area (Å²) >= 11 is 0. The van der Waals surface area contributed by atoms with Crippen molar-refractivity contribution < 1.29 is 33.6 Å². The number of carbonyl (C=O) groups is 2. The molecule has 0 aliphatic carbocycles. The summed E-state index contributed by atoms with van der Waals surface area (Å²) in [5.74, 6) is 0.182. The molecule has 0 bridgehead atoms. The Morgan fingerprint density at radius 2 is 0.750 bits per heavy atom. The highest BCUT2D eigenvalue weighted by atomic mass is 16.5. The zero-order valence-corrected chi connectivity index (χ0v) is 40.4. The summed E-state index contributed by atoms with van der Waals surface area (Å²) in [4.78, 5) is 28.6. The van der Waals surface area contributed by atoms with Gasteiger partial charge in [-0.2, -0.15) is 0 Å². The Kier molecular flexibility index (Phi) is 40.8. The predicted octanol–water partition coefficient (Wildman–Crippen LogP) is 13.7. The van der Waals surface area contributed by atoms with Gasteiger partial charge in [0.25, 0.3) is 0 Å². The smallest absolute Gasteiger partial charge is 0.308 e. The lowest BCUT2D eigenvalue weighted by Crippen LogP contribution is -2.30. The largest absolute Gasteiger partial charge is 0.465 e. The third-order valence-electron chi connectivity index (χ3n) is 12.7. The number of hydrogen-bond acceptors (Lipinski definition) is 8. The number of aliphatic hydroxyl groups excluding tert-OH is 1. The zero-order chi connectivity index (χ0) is 43.6. The van der Waals surface area contributed by atoms with Gasteiger partial charge in [-0.1, -0.05) is 169 Å². The summed E-state index contributed by atoms with van der Waals surface area (Å²) in [7, 11) is 0. The van der Waals surface area contributed by atoms with Crippen molar-refractivity contribution in [2.24, 2.45) is 11.8 Å². The molecule has 0 amide bonds. The molecule has 0 aromatic carbocycles. The van der Waals surface area contributed by atoms with Crippen LogP contribution in [0.5, 0.6) is 0 Å². The van der Waals surface area contributed by atoms with Gasteiger partial charge in [-0.25, -0.2) is 0 Å². The molecule has 1 fully saturated rings. The van der Waals surface area contributed by atoms with Gasteiger partial charge < -0.3 is 24.1 Å². The summed E-state index contributed by atoms with van der Waals surface area (Å²) in [6.45, 7) is 14.5. The fourth-order valence-corrected chi connectivity index (χ4v) is 8.67. The highest BCUT2D eigenvalue weighted by Crippen LogP contribution is 2.23. The summed E-state index contributed by atoms with van der Waals surface area (Å²) in [5.41, 5.74) is 0. The molecular weight excluding hydrogens is 751 g/mol. The third kappa shape index (κ3) is 32.5. The van der Waals surface area contributed by atoms with Crippen molar-refractivity contribution in [2.75, 3.05) is 52.7 Å². The van der Waals surface area contributed by atoms with Crippen LogP contribution in [0.3, 0.4) is 0 Å². The van der Waals surface area contributed by atoms with Crippen LogP contribution in [0.2, 0.25) is 0 Å². The second-order valence-corrected chi connectivity index (χ2v) is 18.4. The molecule has 1 N–H and O–H groups in total. The van der Waals surface area contributed by atoms with Crippen molar-refractivity contribution >= 4 is 11.9 Å². The molecule has 0 aromatic rings. The van der Waals surface area contributed by atoms with Gasteiger partial charge in [-0.05, 0) is 83.6 Å². The Hall–Kier alpha value is -1.22. The van der Waals surface area contributed by atoms with Gasteiger partial charge in [-0.3, -0.25) is 14.5 Å². The number of unbranched alkanes of at least 4 members (excludes halogenated alkanes) is 23. The van der Waals surface area contributed by atoms with Gasteiger partial charge in [0, 0.05) is 32.9 Å². The minimum atomic E-state index is 0.0281. The van der Waals surface area contributed by atoms with Crippen LogP contribution in [-0.4, -0.2) is 86.8 Å². The Labute approximate surface area is 372 Å². The number of hydrogen-bond donors (Lipinski definition) is 1. The molecule has 2 unspecified atom stereocenters. The standard InChI is InChI=1S/C52H101NO7/c1-5-9-13-17-19-27-37-47(35-25-15-11-7-3)51(55)59-43-33-23-31-41-57-49-45-53(39-29-21-22-30-40-54)46-50(49)58-42-32-24-34-44-60-52(56)48(36-26-16-12-8-4)38-28-20-18-14-10-6-2/h47-50,54H,5-46H2,1-4H3/t47?,48?,49-,50+. The molecule has 356 valence electrons. The van der Waals surface area contributed by atoms with E-state index in [0.717, 1.165) is 135 Å². The molecule has 0 spiro atoms. The molecule has 0 saturated carbocycles. The van der Waals surface area contributed by atoms with E-state index in [-0.39, 0.29) is 42.6 Å². The van der Waals surface area contributed by atoms with Crippen molar-refractivity contribution in [3.8, 4) is 0 Å². The molecule has 1 heterocycles. The van der Waals surface area contributed by atoms with E-state index >= 15 is 0 Å². The normalized spacial score (nSPS) is 16.7. The second kappa shape index (κ2) is 43.1. The molecule has 4 atom stereocenters. The summed E-state index contributed by atoms with van der Waals surface area (Å²) in [6, 6.07) is 0. The Morgan fingerprint density at radius 1 is 0.433 bits per heavy atom. The van der Waals surface area contributed by atoms with E-state index in [4.69, 9.17) is 24.1 Å². The molecule has 60 heavy (non-hydrogen) atoms. The van der Waals surface area contributed by atoms with Gasteiger partial charge in [0.1, 0.15) is 0 Å². The SMILES string of the molecule is CCCCCCCCC(CCCCCC)C(=O)OCCCCCO[C@H]1CN(CCCCCCO)C[C@H]1OCCCCCOC(=O)C(CCCCCC)CCCCCCCC. The third-order valence-corrected chi connectivity index (χ3v) is 12.7. The Balaban J connectivity index is 2.44. The molecule has 8 heteroatoms. The number of carbonyl (C=O) groups excluding carboxylic acids is 2. The molecule has 0 aromatic heterocycles. The van der Waals surface area contributed by atoms with E-state index in [1.807, 2.05) is 0 Å². The average molecular weight is 852 g/mol. The van der Waals surface area contributed by atoms with Crippen LogP contribution in [0.25, 0.3) is 0 Å². The van der Waals surface area contributed by atoms with Gasteiger partial charge in [0.05, 0.1) is 37.3 Å². The van der Waals surface area contributed by atoms with Crippen LogP contribution in [-0.2, 0) is 28.5 Å². The van der Waals surface area contributed by atoms with Crippen molar-refractivity contribution in [1.82, 2.24) is 4.90 Å². The fourth-order valence-electron chi connectivity index (χ4n) is 8.67. The lowest BCUT2D eigenvalue weighted by Gasteiger charge is -2.20. The molecule has 1 aliphatic rings. The van der Waals surface area contributed by atoms with Crippen molar-refractivity contribution in [1.29, 1.82) is 0 Å². The lowest BCUT2D eigenvalue weighted by atomic mass is 9.94. The van der Waals surface area contributed by atoms with E-state index in [9.17, 15) is 9.59 Å². The van der Waals surface area contributed by atoms with E-state index in [0.29, 0.717) is 26.4 Å². The van der Waals surface area contributed by atoms with Crippen LogP contribution < -0.4 is 0 Å². The molecule has 1 aliphatic heterocycles. The zero-order valence-electron chi connectivity index (χ0n) is 40.4. The van der Waals surface area contributed by atoms with Crippen LogP contribution in [0.15, 0.2) is 0 Å². The van der Waals surface area contributed by atoms with Gasteiger partial charge in [-0.15, -0.1) is 0 Å². The minimum Gasteiger partial charge on any atom is -0.465 e. The Bertz CT molecular complexity index is 868. The molecule has 0 radical (unpaired) electrons. The van der Waals surface area contributed by atoms with Crippen LogP contribution in [0.4, 0.5) is 0 Å². The predicted molar refractivity (Wildman–Crippen MR) is 252 cm³/mol. The maximum Gasteiger partial charge on any atom is 0.308 e. The number of aliphatic hydroxyl groups is 1. The first kappa shape index (κ1) is 56.8. The molecule has 1 saturated heterocycles. The fraction of sp³-hybridized carbons (Fsp3) is 0.962. The van der Waals surface area contributed by atoms with Crippen LogP contribution in [0.1, 0.15) is 246 Å². The number of likely N-dealkylation sites (tertiary alicyclic amines) is 1.